The van der Waals surface area contributed by atoms with Gasteiger partial charge in [0.25, 0.3) is 0 Å². The zero-order valence-corrected chi connectivity index (χ0v) is 9.90. The minimum atomic E-state index is -0.248. The van der Waals surface area contributed by atoms with Gasteiger partial charge in [0.1, 0.15) is 5.75 Å². The van der Waals surface area contributed by atoms with E-state index in [-0.39, 0.29) is 12.4 Å². The van der Waals surface area contributed by atoms with Crippen molar-refractivity contribution in [3.05, 3.63) is 42.0 Å². The number of benzene rings is 2. The number of fused-ring (bicyclic) bond motifs is 1. The van der Waals surface area contributed by atoms with Crippen LogP contribution in [0, 0.1) is 0 Å². The molecule has 88 valence electrons. The van der Waals surface area contributed by atoms with Crippen LogP contribution in [0.5, 0.6) is 5.75 Å². The smallest absolute Gasteiger partial charge is 0.309 e. The summed E-state index contributed by atoms with van der Waals surface area (Å²) in [6.07, 6.45) is 0.262. The molecule has 2 aromatic carbocycles. The Kier molecular flexibility index (Phi) is 3.28. The van der Waals surface area contributed by atoms with Crippen molar-refractivity contribution in [3.8, 4) is 5.75 Å². The molecule has 0 amide bonds. The molecule has 0 N–H and O–H groups in total. The molecule has 0 aliphatic carbocycles. The minimum absolute atomic E-state index is 0.248. The molecule has 0 radical (unpaired) electrons. The average molecular weight is 230 g/mol. The van der Waals surface area contributed by atoms with Crippen molar-refractivity contribution in [2.45, 2.75) is 6.42 Å². The third kappa shape index (κ3) is 2.38. The summed E-state index contributed by atoms with van der Waals surface area (Å²) < 4.78 is 9.99. The average Bonchev–Trinajstić information content (AvgIpc) is 2.37. The van der Waals surface area contributed by atoms with Gasteiger partial charge in [-0.15, -0.1) is 0 Å². The van der Waals surface area contributed by atoms with Gasteiger partial charge in [-0.1, -0.05) is 30.3 Å². The fourth-order valence-electron chi connectivity index (χ4n) is 1.84. The Morgan fingerprint density at radius 1 is 1.18 bits per heavy atom. The molecule has 17 heavy (non-hydrogen) atoms. The first-order chi connectivity index (χ1) is 8.24. The Balaban J connectivity index is 2.48. The quantitative estimate of drug-likeness (QED) is 0.760. The topological polar surface area (TPSA) is 35.5 Å². The van der Waals surface area contributed by atoms with Crippen LogP contribution in [-0.2, 0) is 16.0 Å². The highest BCUT2D eigenvalue weighted by atomic mass is 16.5. The first kappa shape index (κ1) is 11.5. The van der Waals surface area contributed by atoms with E-state index >= 15 is 0 Å². The van der Waals surface area contributed by atoms with Gasteiger partial charge in [-0.25, -0.2) is 0 Å². The molecule has 3 heteroatoms. The monoisotopic (exact) mass is 230 g/mol. The van der Waals surface area contributed by atoms with Gasteiger partial charge < -0.3 is 9.47 Å². The van der Waals surface area contributed by atoms with E-state index in [2.05, 4.69) is 4.74 Å². The Morgan fingerprint density at radius 2 is 1.94 bits per heavy atom. The summed E-state index contributed by atoms with van der Waals surface area (Å²) in [7, 11) is 3.02. The van der Waals surface area contributed by atoms with Crippen LogP contribution in [0.2, 0.25) is 0 Å². The summed E-state index contributed by atoms with van der Waals surface area (Å²) in [4.78, 5) is 11.3. The molecular weight excluding hydrogens is 216 g/mol. The minimum Gasteiger partial charge on any atom is -0.496 e. The molecule has 0 fully saturated rings. The van der Waals surface area contributed by atoms with Crippen LogP contribution >= 0.6 is 0 Å². The second-order valence-electron chi connectivity index (χ2n) is 3.77. The van der Waals surface area contributed by atoms with E-state index in [1.807, 2.05) is 36.4 Å². The van der Waals surface area contributed by atoms with Crippen LogP contribution in [0.3, 0.4) is 0 Å². The van der Waals surface area contributed by atoms with E-state index in [9.17, 15) is 4.79 Å². The van der Waals surface area contributed by atoms with Gasteiger partial charge in [-0.2, -0.15) is 0 Å². The van der Waals surface area contributed by atoms with E-state index in [0.717, 1.165) is 22.1 Å². The van der Waals surface area contributed by atoms with Crippen molar-refractivity contribution < 1.29 is 14.3 Å². The third-order valence-electron chi connectivity index (χ3n) is 2.68. The molecule has 0 aliphatic heterocycles. The summed E-state index contributed by atoms with van der Waals surface area (Å²) in [5.74, 6) is 0.532. The molecule has 2 rings (SSSR count). The van der Waals surface area contributed by atoms with Crippen LogP contribution in [-0.4, -0.2) is 20.2 Å². The Bertz CT molecular complexity index is 546. The highest BCUT2D eigenvalue weighted by molar-refractivity contribution is 5.90. The highest BCUT2D eigenvalue weighted by Crippen LogP contribution is 2.27. The largest absolute Gasteiger partial charge is 0.496 e. The normalized spacial score (nSPS) is 10.2. The van der Waals surface area contributed by atoms with E-state index in [0.29, 0.717) is 0 Å². The van der Waals surface area contributed by atoms with Crippen LogP contribution in [0.15, 0.2) is 36.4 Å². The van der Waals surface area contributed by atoms with Crippen molar-refractivity contribution in [1.82, 2.24) is 0 Å². The van der Waals surface area contributed by atoms with Gasteiger partial charge >= 0.3 is 5.97 Å². The lowest BCUT2D eigenvalue weighted by molar-refractivity contribution is -0.139. The summed E-state index contributed by atoms with van der Waals surface area (Å²) in [5, 5.41) is 2.11. The number of carbonyl (C=O) groups excluding carboxylic acids is 1. The second-order valence-corrected chi connectivity index (χ2v) is 3.77. The van der Waals surface area contributed by atoms with Crippen molar-refractivity contribution in [1.29, 1.82) is 0 Å². The third-order valence-corrected chi connectivity index (χ3v) is 2.68. The Hall–Kier alpha value is -2.03. The molecule has 0 aliphatic rings. The number of esters is 1. The molecule has 0 saturated heterocycles. The molecule has 0 aromatic heterocycles. The zero-order chi connectivity index (χ0) is 12.3. The molecule has 2 aromatic rings. The molecule has 0 atom stereocenters. The van der Waals surface area contributed by atoms with Gasteiger partial charge in [0.05, 0.1) is 20.6 Å². The van der Waals surface area contributed by atoms with Gasteiger partial charge in [-0.05, 0) is 17.0 Å². The first-order valence-electron chi connectivity index (χ1n) is 5.37. The van der Waals surface area contributed by atoms with E-state index < -0.39 is 0 Å². The Morgan fingerprint density at radius 3 is 2.65 bits per heavy atom. The summed E-state index contributed by atoms with van der Waals surface area (Å²) in [6, 6.07) is 11.8. The first-order valence-corrected chi connectivity index (χ1v) is 5.37. The summed E-state index contributed by atoms with van der Waals surface area (Å²) >= 11 is 0. The molecule has 0 heterocycles. The predicted molar refractivity (Wildman–Crippen MR) is 66.2 cm³/mol. The molecule has 0 unspecified atom stereocenters. The van der Waals surface area contributed by atoms with Crippen molar-refractivity contribution in [2.75, 3.05) is 14.2 Å². The van der Waals surface area contributed by atoms with Gasteiger partial charge in [-0.3, -0.25) is 4.79 Å². The molecule has 0 spiro atoms. The van der Waals surface area contributed by atoms with Gasteiger partial charge in [0.15, 0.2) is 0 Å². The Labute approximate surface area is 100.0 Å². The van der Waals surface area contributed by atoms with Gasteiger partial charge in [0, 0.05) is 5.39 Å². The SMILES string of the molecule is COC(=O)Cc1cc(OC)c2ccccc2c1. The maximum absolute atomic E-state index is 11.3. The van der Waals surface area contributed by atoms with E-state index in [4.69, 9.17) is 4.74 Å². The van der Waals surface area contributed by atoms with Crippen molar-refractivity contribution in [2.24, 2.45) is 0 Å². The lowest BCUT2D eigenvalue weighted by Crippen LogP contribution is -2.04. The van der Waals surface area contributed by atoms with Crippen LogP contribution in [0.4, 0.5) is 0 Å². The van der Waals surface area contributed by atoms with Crippen molar-refractivity contribution in [3.63, 3.8) is 0 Å². The molecule has 0 saturated carbocycles. The predicted octanol–water partition coefficient (Wildman–Crippen LogP) is 2.56. The standard InChI is InChI=1S/C14H14O3/c1-16-13-8-10(9-14(15)17-2)7-11-5-3-4-6-12(11)13/h3-8H,9H2,1-2H3. The van der Waals surface area contributed by atoms with Gasteiger partial charge in [0.2, 0.25) is 0 Å². The molecule has 3 nitrogen and oxygen atoms in total. The lowest BCUT2D eigenvalue weighted by atomic mass is 10.0. The molecule has 0 bridgehead atoms. The van der Waals surface area contributed by atoms with Crippen LogP contribution in [0.1, 0.15) is 5.56 Å². The number of methoxy groups -OCH3 is 2. The van der Waals surface area contributed by atoms with Crippen LogP contribution < -0.4 is 4.74 Å². The number of hydrogen-bond acceptors (Lipinski definition) is 3. The highest BCUT2D eigenvalue weighted by Gasteiger charge is 2.07. The fourth-order valence-corrected chi connectivity index (χ4v) is 1.84. The second kappa shape index (κ2) is 4.87. The number of carbonyl (C=O) groups is 1. The van der Waals surface area contributed by atoms with E-state index in [1.54, 1.807) is 7.11 Å². The summed E-state index contributed by atoms with van der Waals surface area (Å²) in [6.45, 7) is 0. The number of ether oxygens (including phenoxy) is 2. The number of hydrogen-bond donors (Lipinski definition) is 0. The van der Waals surface area contributed by atoms with E-state index in [1.165, 1.54) is 7.11 Å². The van der Waals surface area contributed by atoms with Crippen molar-refractivity contribution >= 4 is 16.7 Å². The zero-order valence-electron chi connectivity index (χ0n) is 9.90. The van der Waals surface area contributed by atoms with Crippen LogP contribution in [0.25, 0.3) is 10.8 Å². The fraction of sp³-hybridized carbons (Fsp3) is 0.214. The maximum atomic E-state index is 11.3. The maximum Gasteiger partial charge on any atom is 0.309 e. The molecular formula is C14H14O3. The summed E-state index contributed by atoms with van der Waals surface area (Å²) in [5.41, 5.74) is 0.896. The number of rotatable bonds is 3. The lowest BCUT2D eigenvalue weighted by Gasteiger charge is -2.08.